The van der Waals surface area contributed by atoms with Gasteiger partial charge in [0.1, 0.15) is 0 Å². The summed E-state index contributed by atoms with van der Waals surface area (Å²) in [6.07, 6.45) is 2.57. The third-order valence-electron chi connectivity index (χ3n) is 5.94. The summed E-state index contributed by atoms with van der Waals surface area (Å²) in [7, 11) is -3.42. The summed E-state index contributed by atoms with van der Waals surface area (Å²) in [5.74, 6) is -1.28. The summed E-state index contributed by atoms with van der Waals surface area (Å²) in [5.41, 5.74) is 1.62. The maximum atomic E-state index is 13.5. The largest absolute Gasteiger partial charge is 0.324 e. The van der Waals surface area contributed by atoms with E-state index in [1.54, 1.807) is 26.0 Å². The van der Waals surface area contributed by atoms with Gasteiger partial charge >= 0.3 is 0 Å². The molecule has 36 heavy (non-hydrogen) atoms. The number of rotatable bonds is 4. The van der Waals surface area contributed by atoms with Crippen molar-refractivity contribution in [1.29, 1.82) is 0 Å². The number of nitrogens with one attached hydrogen (secondary N) is 2. The van der Waals surface area contributed by atoms with Crippen LogP contribution >= 0.6 is 11.6 Å². The van der Waals surface area contributed by atoms with Crippen LogP contribution in [0.4, 0.5) is 5.69 Å². The second-order valence-electron chi connectivity index (χ2n) is 9.45. The lowest BCUT2D eigenvalue weighted by molar-refractivity contribution is -0.123. The minimum atomic E-state index is -3.42. The number of nitrogens with zero attached hydrogens (tertiary/aromatic N) is 1. The average molecular weight is 526 g/mol. The first-order chi connectivity index (χ1) is 16.8. The molecule has 0 atom stereocenters. The van der Waals surface area contributed by atoms with E-state index in [0.29, 0.717) is 16.3 Å². The van der Waals surface area contributed by atoms with Gasteiger partial charge in [0.2, 0.25) is 11.7 Å². The molecule has 0 saturated heterocycles. The SMILES string of the molecule is Cc1ccc(N=C2C=C(NC(=O)c3ccc(S(C)(=O)=O)cc3)C(=O)C3=C2NC(=O)CC3(C)C)c(Cl)c1. The molecule has 0 bridgehead atoms. The monoisotopic (exact) mass is 525 g/mol. The highest BCUT2D eigenvalue weighted by Crippen LogP contribution is 2.40. The summed E-state index contributed by atoms with van der Waals surface area (Å²) >= 11 is 6.37. The van der Waals surface area contributed by atoms with E-state index in [1.807, 2.05) is 13.0 Å². The maximum Gasteiger partial charge on any atom is 0.255 e. The summed E-state index contributed by atoms with van der Waals surface area (Å²) in [4.78, 5) is 43.5. The van der Waals surface area contributed by atoms with Crippen LogP contribution in [-0.4, -0.2) is 38.0 Å². The number of hydrogen-bond acceptors (Lipinski definition) is 6. The van der Waals surface area contributed by atoms with Gasteiger partial charge in [0.05, 0.1) is 32.7 Å². The highest BCUT2D eigenvalue weighted by atomic mass is 35.5. The second kappa shape index (κ2) is 9.15. The Labute approximate surface area is 214 Å². The number of carbonyl (C=O) groups is 3. The van der Waals surface area contributed by atoms with Gasteiger partial charge in [0.15, 0.2) is 9.84 Å². The Morgan fingerprint density at radius 3 is 2.39 bits per heavy atom. The molecule has 0 radical (unpaired) electrons. The quantitative estimate of drug-likeness (QED) is 0.588. The van der Waals surface area contributed by atoms with Gasteiger partial charge < -0.3 is 10.6 Å². The highest BCUT2D eigenvalue weighted by Gasteiger charge is 2.42. The molecule has 2 N–H and O–H groups in total. The lowest BCUT2D eigenvalue weighted by atomic mass is 9.72. The zero-order valence-electron chi connectivity index (χ0n) is 20.1. The molecule has 2 amide bonds. The van der Waals surface area contributed by atoms with Crippen LogP contribution < -0.4 is 10.6 Å². The molecule has 1 aliphatic carbocycles. The van der Waals surface area contributed by atoms with Crippen molar-refractivity contribution in [1.82, 2.24) is 10.6 Å². The van der Waals surface area contributed by atoms with E-state index < -0.39 is 26.9 Å². The van der Waals surface area contributed by atoms with E-state index in [1.165, 1.54) is 30.3 Å². The lowest BCUT2D eigenvalue weighted by Crippen LogP contribution is -2.46. The number of benzene rings is 2. The molecule has 0 unspecified atom stereocenters. The van der Waals surface area contributed by atoms with Crippen molar-refractivity contribution in [3.8, 4) is 0 Å². The highest BCUT2D eigenvalue weighted by molar-refractivity contribution is 7.90. The van der Waals surface area contributed by atoms with Crippen molar-refractivity contribution in [3.63, 3.8) is 0 Å². The molecule has 2 aliphatic rings. The molecule has 8 nitrogen and oxygen atoms in total. The lowest BCUT2D eigenvalue weighted by Gasteiger charge is -2.36. The number of aryl methyl sites for hydroxylation is 1. The molecular weight excluding hydrogens is 502 g/mol. The van der Waals surface area contributed by atoms with Gasteiger partial charge in [-0.1, -0.05) is 31.5 Å². The Bertz CT molecular complexity index is 1520. The number of amides is 2. The molecule has 186 valence electrons. The molecule has 1 aliphatic heterocycles. The Morgan fingerprint density at radius 1 is 1.11 bits per heavy atom. The number of sulfone groups is 1. The summed E-state index contributed by atoms with van der Waals surface area (Å²) in [6, 6.07) is 10.7. The number of halogens is 1. The standard InChI is InChI=1S/C26H24ClN3O5S/c1-14-5-10-18(17(27)11-14)28-19-12-20(24(32)22-23(19)30-21(31)13-26(22,2)3)29-25(33)15-6-8-16(9-7-15)36(4,34)35/h5-12H,13H2,1-4H3,(H,29,33)(H,30,31). The minimum Gasteiger partial charge on any atom is -0.324 e. The van der Waals surface area contributed by atoms with Crippen LogP contribution in [0.25, 0.3) is 0 Å². The first kappa shape index (κ1) is 25.5. The number of aliphatic imine (C=N–C) groups is 1. The van der Waals surface area contributed by atoms with Crippen molar-refractivity contribution >= 4 is 50.4 Å². The van der Waals surface area contributed by atoms with Crippen molar-refractivity contribution < 1.29 is 22.8 Å². The predicted molar refractivity (Wildman–Crippen MR) is 137 cm³/mol. The van der Waals surface area contributed by atoms with Crippen LogP contribution in [0.15, 0.2) is 75.4 Å². The van der Waals surface area contributed by atoms with Gasteiger partial charge in [-0.05, 0) is 55.0 Å². The van der Waals surface area contributed by atoms with Crippen molar-refractivity contribution in [2.45, 2.75) is 32.1 Å². The van der Waals surface area contributed by atoms with Gasteiger partial charge in [-0.2, -0.15) is 0 Å². The predicted octanol–water partition coefficient (Wildman–Crippen LogP) is 3.82. The van der Waals surface area contributed by atoms with Crippen molar-refractivity contribution in [2.24, 2.45) is 10.4 Å². The molecule has 4 rings (SSSR count). The fraction of sp³-hybridized carbons (Fsp3) is 0.231. The fourth-order valence-corrected chi connectivity index (χ4v) is 5.07. The van der Waals surface area contributed by atoms with E-state index in [9.17, 15) is 22.8 Å². The minimum absolute atomic E-state index is 0.0165. The van der Waals surface area contributed by atoms with Crippen molar-refractivity contribution in [2.75, 3.05) is 6.26 Å². The Morgan fingerprint density at radius 2 is 1.78 bits per heavy atom. The van der Waals surface area contributed by atoms with Crippen LogP contribution in [0.2, 0.25) is 5.02 Å². The van der Waals surface area contributed by atoms with Gasteiger partial charge in [-0.3, -0.25) is 14.4 Å². The van der Waals surface area contributed by atoms with Crippen LogP contribution in [0, 0.1) is 12.3 Å². The Hall–Kier alpha value is -3.56. The van der Waals surface area contributed by atoms with Gasteiger partial charge in [-0.15, -0.1) is 0 Å². The van der Waals surface area contributed by atoms with Crippen LogP contribution in [0.3, 0.4) is 0 Å². The van der Waals surface area contributed by atoms with E-state index in [0.717, 1.165) is 11.8 Å². The van der Waals surface area contributed by atoms with E-state index >= 15 is 0 Å². The average Bonchev–Trinajstić information content (AvgIpc) is 2.77. The molecule has 2 aromatic rings. The Kier molecular flexibility index (Phi) is 6.49. The Balaban J connectivity index is 1.77. The zero-order valence-corrected chi connectivity index (χ0v) is 21.7. The number of Topliss-reactive ketones (excluding diaryl/α,β-unsaturated/α-hetero) is 1. The van der Waals surface area contributed by atoms with Gasteiger partial charge in [-0.25, -0.2) is 13.4 Å². The topological polar surface area (TPSA) is 122 Å². The fourth-order valence-electron chi connectivity index (χ4n) is 4.16. The van der Waals surface area contributed by atoms with E-state index in [4.69, 9.17) is 11.6 Å². The second-order valence-corrected chi connectivity index (χ2v) is 11.9. The summed E-state index contributed by atoms with van der Waals surface area (Å²) in [6.45, 7) is 5.46. The molecule has 0 spiro atoms. The van der Waals surface area contributed by atoms with Gasteiger partial charge in [0.25, 0.3) is 5.91 Å². The number of carbonyl (C=O) groups excluding carboxylic acids is 3. The molecule has 10 heteroatoms. The van der Waals surface area contributed by atoms with E-state index in [2.05, 4.69) is 15.6 Å². The van der Waals surface area contributed by atoms with Crippen molar-refractivity contribution in [3.05, 3.63) is 81.7 Å². The van der Waals surface area contributed by atoms with E-state index in [-0.39, 0.29) is 39.9 Å². The third kappa shape index (κ3) is 5.03. The number of hydrogen-bond donors (Lipinski definition) is 2. The molecule has 0 fully saturated rings. The molecule has 0 aromatic heterocycles. The molecule has 0 saturated carbocycles. The molecular formula is C26H24ClN3O5S. The number of allylic oxidation sites excluding steroid dienone is 2. The maximum absolute atomic E-state index is 13.5. The molecule has 1 heterocycles. The summed E-state index contributed by atoms with van der Waals surface area (Å²) < 4.78 is 23.4. The first-order valence-corrected chi connectivity index (χ1v) is 13.3. The third-order valence-corrected chi connectivity index (χ3v) is 7.37. The smallest absolute Gasteiger partial charge is 0.255 e. The van der Waals surface area contributed by atoms with Crippen LogP contribution in [-0.2, 0) is 19.4 Å². The normalized spacial score (nSPS) is 18.5. The van der Waals surface area contributed by atoms with Crippen LogP contribution in [0.5, 0.6) is 0 Å². The molecule has 2 aromatic carbocycles. The zero-order chi connectivity index (χ0) is 26.4. The van der Waals surface area contributed by atoms with Gasteiger partial charge in [0, 0.05) is 29.2 Å². The first-order valence-electron chi connectivity index (χ1n) is 11.0. The summed E-state index contributed by atoms with van der Waals surface area (Å²) in [5, 5.41) is 5.79. The van der Waals surface area contributed by atoms with Crippen LogP contribution in [0.1, 0.15) is 36.2 Å². The number of ketones is 1.